The van der Waals surface area contributed by atoms with Crippen LogP contribution in [0.5, 0.6) is 0 Å². The third-order valence-corrected chi connectivity index (χ3v) is 4.94. The number of aryl methyl sites for hydroxylation is 1. The number of ether oxygens (including phenoxy) is 1. The number of hydrogen-bond acceptors (Lipinski definition) is 5. The molecule has 2 aromatic carbocycles. The summed E-state index contributed by atoms with van der Waals surface area (Å²) in [6.45, 7) is 2.08. The van der Waals surface area contributed by atoms with Gasteiger partial charge in [-0.1, -0.05) is 36.4 Å². The fourth-order valence-corrected chi connectivity index (χ4v) is 3.52. The Labute approximate surface area is 174 Å². The van der Waals surface area contributed by atoms with Crippen molar-refractivity contribution in [3.05, 3.63) is 65.5 Å². The van der Waals surface area contributed by atoms with Gasteiger partial charge in [-0.2, -0.15) is 0 Å². The molecule has 0 fully saturated rings. The molecule has 6 N–H and O–H groups in total. The highest BCUT2D eigenvalue weighted by atomic mass is 16.5. The molecule has 1 heterocycles. The second kappa shape index (κ2) is 9.21. The Morgan fingerprint density at radius 3 is 2.43 bits per heavy atom. The topological polar surface area (TPSA) is 144 Å². The van der Waals surface area contributed by atoms with Crippen LogP contribution >= 0.6 is 0 Å². The SMILES string of the molecule is CCOC(=O)CC(CCc1ccc(C(=N)N)cc1)n1c(C(=N)N)nc2ccccc21. The number of fused-ring (bicyclic) bond motifs is 1. The number of benzene rings is 2. The van der Waals surface area contributed by atoms with E-state index in [-0.39, 0.29) is 30.1 Å². The van der Waals surface area contributed by atoms with Gasteiger partial charge < -0.3 is 20.8 Å². The van der Waals surface area contributed by atoms with Crippen molar-refractivity contribution in [2.24, 2.45) is 11.5 Å². The first-order valence-electron chi connectivity index (χ1n) is 9.81. The van der Waals surface area contributed by atoms with Gasteiger partial charge in [0, 0.05) is 11.6 Å². The molecule has 0 bridgehead atoms. The molecule has 8 heteroatoms. The van der Waals surface area contributed by atoms with E-state index in [1.165, 1.54) is 0 Å². The lowest BCUT2D eigenvalue weighted by Gasteiger charge is -2.21. The maximum Gasteiger partial charge on any atom is 0.307 e. The number of amidine groups is 2. The van der Waals surface area contributed by atoms with E-state index in [2.05, 4.69) is 4.98 Å². The fraction of sp³-hybridized carbons (Fsp3) is 0.273. The number of carbonyl (C=O) groups is 1. The molecule has 3 rings (SSSR count). The largest absolute Gasteiger partial charge is 0.466 e. The van der Waals surface area contributed by atoms with Crippen LogP contribution in [0.15, 0.2) is 48.5 Å². The van der Waals surface area contributed by atoms with Crippen LogP contribution in [0.3, 0.4) is 0 Å². The van der Waals surface area contributed by atoms with Gasteiger partial charge in [0.15, 0.2) is 11.7 Å². The minimum atomic E-state index is -0.304. The van der Waals surface area contributed by atoms with Crippen molar-refractivity contribution in [2.75, 3.05) is 6.61 Å². The number of rotatable bonds is 9. The highest BCUT2D eigenvalue weighted by Crippen LogP contribution is 2.27. The van der Waals surface area contributed by atoms with Gasteiger partial charge in [-0.05, 0) is 37.5 Å². The summed E-state index contributed by atoms with van der Waals surface area (Å²) in [5.41, 5.74) is 14.6. The van der Waals surface area contributed by atoms with E-state index in [0.29, 0.717) is 30.8 Å². The number of carbonyl (C=O) groups excluding carboxylic acids is 1. The Balaban J connectivity index is 1.94. The van der Waals surface area contributed by atoms with Crippen molar-refractivity contribution in [3.8, 4) is 0 Å². The van der Waals surface area contributed by atoms with Gasteiger partial charge in [-0.15, -0.1) is 0 Å². The first-order valence-corrected chi connectivity index (χ1v) is 9.81. The van der Waals surface area contributed by atoms with Crippen molar-refractivity contribution in [1.82, 2.24) is 9.55 Å². The smallest absolute Gasteiger partial charge is 0.307 e. The highest BCUT2D eigenvalue weighted by Gasteiger charge is 2.23. The van der Waals surface area contributed by atoms with Crippen LogP contribution in [0.2, 0.25) is 0 Å². The first-order chi connectivity index (χ1) is 14.4. The zero-order valence-corrected chi connectivity index (χ0v) is 16.9. The summed E-state index contributed by atoms with van der Waals surface area (Å²) in [5, 5.41) is 15.5. The standard InChI is InChI=1S/C22H26N6O2/c1-2-30-19(29)13-16(12-9-14-7-10-15(11-8-14)20(23)24)28-18-6-4-3-5-17(18)27-22(28)21(25)26/h3-8,10-11,16H,2,9,12-13H2,1H3,(H3,23,24)(H3,25,26). The number of hydrogen-bond donors (Lipinski definition) is 4. The van der Waals surface area contributed by atoms with Crippen LogP contribution in [0.4, 0.5) is 0 Å². The van der Waals surface area contributed by atoms with Crippen molar-refractivity contribution in [2.45, 2.75) is 32.2 Å². The number of nitrogens with one attached hydrogen (secondary N) is 2. The Morgan fingerprint density at radius 1 is 1.10 bits per heavy atom. The molecule has 30 heavy (non-hydrogen) atoms. The average Bonchev–Trinajstić information content (AvgIpc) is 3.11. The lowest BCUT2D eigenvalue weighted by Crippen LogP contribution is -2.24. The molecule has 0 amide bonds. The molecule has 1 atom stereocenters. The molecule has 0 aliphatic carbocycles. The fourth-order valence-electron chi connectivity index (χ4n) is 3.52. The minimum absolute atomic E-state index is 0.0257. The van der Waals surface area contributed by atoms with E-state index < -0.39 is 0 Å². The third kappa shape index (κ3) is 4.65. The summed E-state index contributed by atoms with van der Waals surface area (Å²) in [6, 6.07) is 14.7. The summed E-state index contributed by atoms with van der Waals surface area (Å²) in [4.78, 5) is 16.8. The van der Waals surface area contributed by atoms with Crippen LogP contribution < -0.4 is 11.5 Å². The maximum atomic E-state index is 12.3. The van der Waals surface area contributed by atoms with Crippen molar-refractivity contribution in [1.29, 1.82) is 10.8 Å². The summed E-state index contributed by atoms with van der Waals surface area (Å²) >= 11 is 0. The van der Waals surface area contributed by atoms with E-state index in [1.54, 1.807) is 6.92 Å². The van der Waals surface area contributed by atoms with Crippen LogP contribution in [-0.4, -0.2) is 33.8 Å². The Morgan fingerprint density at radius 2 is 1.80 bits per heavy atom. The summed E-state index contributed by atoms with van der Waals surface area (Å²) in [6.07, 6.45) is 1.46. The molecule has 0 aliphatic heterocycles. The van der Waals surface area contributed by atoms with Crippen LogP contribution in [-0.2, 0) is 16.0 Å². The summed E-state index contributed by atoms with van der Waals surface area (Å²) < 4.78 is 7.06. The van der Waals surface area contributed by atoms with Gasteiger partial charge in [0.25, 0.3) is 0 Å². The number of aromatic nitrogens is 2. The van der Waals surface area contributed by atoms with E-state index in [0.717, 1.165) is 16.6 Å². The predicted octanol–water partition coefficient (Wildman–Crippen LogP) is 2.73. The lowest BCUT2D eigenvalue weighted by atomic mass is 10.0. The van der Waals surface area contributed by atoms with Crippen LogP contribution in [0, 0.1) is 10.8 Å². The molecule has 1 unspecified atom stereocenters. The van der Waals surface area contributed by atoms with Crippen LogP contribution in [0.25, 0.3) is 11.0 Å². The number of nitrogen functional groups attached to an aromatic ring is 2. The maximum absolute atomic E-state index is 12.3. The van der Waals surface area contributed by atoms with E-state index in [9.17, 15) is 4.79 Å². The van der Waals surface area contributed by atoms with E-state index in [1.807, 2.05) is 53.1 Å². The van der Waals surface area contributed by atoms with Gasteiger partial charge in [0.1, 0.15) is 5.84 Å². The van der Waals surface area contributed by atoms with Crippen LogP contribution in [0.1, 0.15) is 42.8 Å². The Bertz CT molecular complexity index is 1070. The lowest BCUT2D eigenvalue weighted by molar-refractivity contribution is -0.144. The molecule has 8 nitrogen and oxygen atoms in total. The molecule has 156 valence electrons. The van der Waals surface area contributed by atoms with E-state index >= 15 is 0 Å². The molecule has 0 saturated carbocycles. The first kappa shape index (κ1) is 21.0. The Hall–Kier alpha value is -3.68. The summed E-state index contributed by atoms with van der Waals surface area (Å²) in [7, 11) is 0. The molecule has 1 aromatic heterocycles. The number of esters is 1. The van der Waals surface area contributed by atoms with Gasteiger partial charge in [0.05, 0.1) is 24.1 Å². The predicted molar refractivity (Wildman–Crippen MR) is 117 cm³/mol. The zero-order chi connectivity index (χ0) is 21.7. The average molecular weight is 406 g/mol. The number of imidazole rings is 1. The van der Waals surface area contributed by atoms with Gasteiger partial charge >= 0.3 is 5.97 Å². The monoisotopic (exact) mass is 406 g/mol. The normalized spacial score (nSPS) is 11.9. The van der Waals surface area contributed by atoms with Crippen molar-refractivity contribution >= 4 is 28.7 Å². The quantitative estimate of drug-likeness (QED) is 0.245. The van der Waals surface area contributed by atoms with Gasteiger partial charge in [0.2, 0.25) is 0 Å². The molecule has 0 saturated heterocycles. The second-order valence-electron chi connectivity index (χ2n) is 7.02. The van der Waals surface area contributed by atoms with Crippen molar-refractivity contribution in [3.63, 3.8) is 0 Å². The molecule has 0 aliphatic rings. The Kier molecular flexibility index (Phi) is 6.46. The van der Waals surface area contributed by atoms with Gasteiger partial charge in [-0.25, -0.2) is 4.98 Å². The molecular weight excluding hydrogens is 380 g/mol. The minimum Gasteiger partial charge on any atom is -0.466 e. The van der Waals surface area contributed by atoms with Crippen molar-refractivity contribution < 1.29 is 9.53 Å². The molecular formula is C22H26N6O2. The number of para-hydroxylation sites is 2. The highest BCUT2D eigenvalue weighted by molar-refractivity contribution is 5.96. The van der Waals surface area contributed by atoms with E-state index in [4.69, 9.17) is 27.0 Å². The summed E-state index contributed by atoms with van der Waals surface area (Å²) in [5.74, 6) is -0.0808. The third-order valence-electron chi connectivity index (χ3n) is 4.94. The van der Waals surface area contributed by atoms with Gasteiger partial charge in [-0.3, -0.25) is 15.6 Å². The molecule has 3 aromatic rings. The number of nitrogens with two attached hydrogens (primary N) is 2. The molecule has 0 radical (unpaired) electrons. The second-order valence-corrected chi connectivity index (χ2v) is 7.02. The molecule has 0 spiro atoms. The number of nitrogens with zero attached hydrogens (tertiary/aromatic N) is 2. The zero-order valence-electron chi connectivity index (χ0n) is 16.9.